The van der Waals surface area contributed by atoms with Gasteiger partial charge in [0, 0.05) is 36.6 Å². The second-order valence-electron chi connectivity index (χ2n) is 7.21. The zero-order valence-electron chi connectivity index (χ0n) is 16.9. The van der Waals surface area contributed by atoms with Gasteiger partial charge in [-0.1, -0.05) is 6.07 Å². The predicted molar refractivity (Wildman–Crippen MR) is 106 cm³/mol. The molecule has 0 unspecified atom stereocenters. The minimum absolute atomic E-state index is 0.0581. The highest BCUT2D eigenvalue weighted by molar-refractivity contribution is 5.93. The smallest absolute Gasteiger partial charge is 0.338 e. The van der Waals surface area contributed by atoms with E-state index < -0.39 is 18.2 Å². The van der Waals surface area contributed by atoms with Gasteiger partial charge in [-0.25, -0.2) is 28.2 Å². The molecule has 0 aliphatic carbocycles. The standard InChI is InChI=1S/C21H18F2N6O3/c1-11-14(2-3-15-16(11)10-32-20(15)31)17(30)8-25-5-12-6-26-21(27-7-12)29-9-13(4-24)18(28-29)19(22)23/h2-3,6-7,9,17,19,25,30H,5,8,10H2,1H3/t17-/m0/s1. The molecule has 3 aromatic rings. The summed E-state index contributed by atoms with van der Waals surface area (Å²) in [7, 11) is 0. The molecule has 4 rings (SSSR count). The topological polar surface area (TPSA) is 126 Å². The van der Waals surface area contributed by atoms with E-state index in [1.807, 2.05) is 6.92 Å². The van der Waals surface area contributed by atoms with Crippen LogP contribution in [0.2, 0.25) is 0 Å². The van der Waals surface area contributed by atoms with E-state index in [1.54, 1.807) is 18.2 Å². The molecule has 0 spiro atoms. The van der Waals surface area contributed by atoms with Crippen LogP contribution in [0.1, 0.15) is 56.4 Å². The number of nitriles is 1. The van der Waals surface area contributed by atoms with Crippen LogP contribution >= 0.6 is 0 Å². The number of aromatic nitrogens is 4. The molecule has 2 aromatic heterocycles. The average Bonchev–Trinajstić information content (AvgIpc) is 3.39. The van der Waals surface area contributed by atoms with Crippen molar-refractivity contribution >= 4 is 5.97 Å². The highest BCUT2D eigenvalue weighted by atomic mass is 19.3. The van der Waals surface area contributed by atoms with Crippen LogP contribution in [0.4, 0.5) is 8.78 Å². The number of cyclic esters (lactones) is 1. The molecule has 0 radical (unpaired) electrons. The van der Waals surface area contributed by atoms with Crippen LogP contribution in [0.3, 0.4) is 0 Å². The minimum Gasteiger partial charge on any atom is -0.457 e. The first-order valence-electron chi connectivity index (χ1n) is 9.66. The number of nitrogens with zero attached hydrogens (tertiary/aromatic N) is 5. The summed E-state index contributed by atoms with van der Waals surface area (Å²) in [6, 6.07) is 5.06. The Morgan fingerprint density at radius 3 is 2.75 bits per heavy atom. The SMILES string of the molecule is Cc1c([C@@H](O)CNCc2cnc(-n3cc(C#N)c(C(F)F)n3)nc2)ccc2c1COC2=O. The van der Waals surface area contributed by atoms with Gasteiger partial charge >= 0.3 is 5.97 Å². The molecule has 32 heavy (non-hydrogen) atoms. The van der Waals surface area contributed by atoms with Gasteiger partial charge in [0.15, 0.2) is 0 Å². The Morgan fingerprint density at radius 2 is 2.09 bits per heavy atom. The van der Waals surface area contributed by atoms with Gasteiger partial charge in [-0.15, -0.1) is 0 Å². The second-order valence-corrected chi connectivity index (χ2v) is 7.21. The quantitative estimate of drug-likeness (QED) is 0.536. The van der Waals surface area contributed by atoms with Crippen LogP contribution in [0.25, 0.3) is 5.95 Å². The van der Waals surface area contributed by atoms with E-state index in [-0.39, 0.29) is 30.6 Å². The number of hydrogen-bond donors (Lipinski definition) is 2. The average molecular weight is 440 g/mol. The first kappa shape index (κ1) is 21.5. The van der Waals surface area contributed by atoms with Gasteiger partial charge < -0.3 is 15.2 Å². The van der Waals surface area contributed by atoms with E-state index >= 15 is 0 Å². The van der Waals surface area contributed by atoms with Gasteiger partial charge in [-0.05, 0) is 24.1 Å². The largest absolute Gasteiger partial charge is 0.457 e. The fourth-order valence-electron chi connectivity index (χ4n) is 3.49. The fraction of sp³-hybridized carbons (Fsp3) is 0.286. The monoisotopic (exact) mass is 440 g/mol. The predicted octanol–water partition coefficient (Wildman–Crippen LogP) is 2.27. The van der Waals surface area contributed by atoms with Gasteiger partial charge in [0.25, 0.3) is 6.43 Å². The van der Waals surface area contributed by atoms with Crippen molar-refractivity contribution in [3.8, 4) is 12.0 Å². The molecule has 0 amide bonds. The van der Waals surface area contributed by atoms with Gasteiger partial charge in [0.1, 0.15) is 18.4 Å². The molecule has 0 saturated carbocycles. The summed E-state index contributed by atoms with van der Waals surface area (Å²) >= 11 is 0. The summed E-state index contributed by atoms with van der Waals surface area (Å²) in [6.45, 7) is 2.66. The third-order valence-electron chi connectivity index (χ3n) is 5.20. The number of alkyl halides is 2. The summed E-state index contributed by atoms with van der Waals surface area (Å²) < 4.78 is 31.9. The first-order valence-corrected chi connectivity index (χ1v) is 9.66. The van der Waals surface area contributed by atoms with Crippen LogP contribution in [-0.2, 0) is 17.9 Å². The summed E-state index contributed by atoms with van der Waals surface area (Å²) in [5, 5.41) is 26.3. The van der Waals surface area contributed by atoms with E-state index in [4.69, 9.17) is 10.00 Å². The maximum Gasteiger partial charge on any atom is 0.338 e. The van der Waals surface area contributed by atoms with E-state index in [1.165, 1.54) is 12.4 Å². The number of rotatable bonds is 7. The Kier molecular flexibility index (Phi) is 5.89. The Balaban J connectivity index is 1.37. The van der Waals surface area contributed by atoms with Crippen molar-refractivity contribution in [1.82, 2.24) is 25.1 Å². The lowest BCUT2D eigenvalue weighted by atomic mass is 9.95. The molecule has 9 nitrogen and oxygen atoms in total. The molecule has 1 aliphatic heterocycles. The summed E-state index contributed by atoms with van der Waals surface area (Å²) in [6.07, 6.45) is 0.491. The molecular weight excluding hydrogens is 422 g/mol. The highest BCUT2D eigenvalue weighted by Gasteiger charge is 2.25. The number of carbonyl (C=O) groups excluding carboxylic acids is 1. The molecule has 11 heteroatoms. The summed E-state index contributed by atoms with van der Waals surface area (Å²) in [5.41, 5.74) is 2.71. The molecule has 0 fully saturated rings. The molecule has 164 valence electrons. The van der Waals surface area contributed by atoms with E-state index in [0.717, 1.165) is 22.0 Å². The number of ether oxygens (including phenoxy) is 1. The third-order valence-corrected chi connectivity index (χ3v) is 5.20. The number of aliphatic hydroxyl groups excluding tert-OH is 1. The zero-order chi connectivity index (χ0) is 22.8. The van der Waals surface area contributed by atoms with Crippen molar-refractivity contribution < 1.29 is 23.4 Å². The van der Waals surface area contributed by atoms with Crippen molar-refractivity contribution in [2.24, 2.45) is 0 Å². The maximum atomic E-state index is 12.9. The van der Waals surface area contributed by atoms with Crippen molar-refractivity contribution in [2.75, 3.05) is 6.54 Å². The van der Waals surface area contributed by atoms with Crippen LogP contribution in [0, 0.1) is 18.3 Å². The van der Waals surface area contributed by atoms with Gasteiger partial charge in [-0.2, -0.15) is 10.4 Å². The lowest BCUT2D eigenvalue weighted by Crippen LogP contribution is -2.22. The van der Waals surface area contributed by atoms with Crippen molar-refractivity contribution in [1.29, 1.82) is 5.26 Å². The number of aliphatic hydroxyl groups is 1. The Bertz CT molecular complexity index is 1200. The molecule has 1 aliphatic rings. The first-order chi connectivity index (χ1) is 15.4. The lowest BCUT2D eigenvalue weighted by molar-refractivity contribution is 0.0535. The van der Waals surface area contributed by atoms with Crippen LogP contribution in [0.5, 0.6) is 0 Å². The van der Waals surface area contributed by atoms with Gasteiger partial charge in [-0.3, -0.25) is 0 Å². The summed E-state index contributed by atoms with van der Waals surface area (Å²) in [5.74, 6) is -0.294. The molecule has 0 bridgehead atoms. The summed E-state index contributed by atoms with van der Waals surface area (Å²) in [4.78, 5) is 19.8. The van der Waals surface area contributed by atoms with Gasteiger partial charge in [0.2, 0.25) is 5.95 Å². The van der Waals surface area contributed by atoms with E-state index in [2.05, 4.69) is 20.4 Å². The van der Waals surface area contributed by atoms with Crippen molar-refractivity contribution in [3.63, 3.8) is 0 Å². The molecular formula is C21H18F2N6O3. The second kappa shape index (κ2) is 8.78. The van der Waals surface area contributed by atoms with E-state index in [9.17, 15) is 18.7 Å². The number of hydrogen-bond acceptors (Lipinski definition) is 8. The number of carbonyl (C=O) groups is 1. The third kappa shape index (κ3) is 4.05. The molecule has 0 saturated heterocycles. The molecule has 1 atom stereocenters. The number of benzene rings is 1. The number of fused-ring (bicyclic) bond motifs is 1. The number of halogens is 2. The molecule has 2 N–H and O–H groups in total. The Hall–Kier alpha value is -3.75. The Labute approximate surface area is 181 Å². The van der Waals surface area contributed by atoms with Crippen LogP contribution in [-0.4, -0.2) is 37.4 Å². The van der Waals surface area contributed by atoms with E-state index in [0.29, 0.717) is 23.2 Å². The molecule has 3 heterocycles. The number of nitrogens with one attached hydrogen (secondary N) is 1. The lowest BCUT2D eigenvalue weighted by Gasteiger charge is -2.16. The van der Waals surface area contributed by atoms with Crippen molar-refractivity contribution in [2.45, 2.75) is 32.6 Å². The maximum absolute atomic E-state index is 12.9. The fourth-order valence-corrected chi connectivity index (χ4v) is 3.49. The normalized spacial score (nSPS) is 13.7. The Morgan fingerprint density at radius 1 is 1.34 bits per heavy atom. The van der Waals surface area contributed by atoms with Gasteiger partial charge in [0.05, 0.1) is 23.4 Å². The molecule has 1 aromatic carbocycles. The van der Waals surface area contributed by atoms with Crippen LogP contribution < -0.4 is 5.32 Å². The number of esters is 1. The zero-order valence-corrected chi connectivity index (χ0v) is 16.9. The highest BCUT2D eigenvalue weighted by Crippen LogP contribution is 2.29. The van der Waals surface area contributed by atoms with Crippen LogP contribution in [0.15, 0.2) is 30.7 Å². The van der Waals surface area contributed by atoms with Crippen molar-refractivity contribution in [3.05, 3.63) is 69.8 Å². The minimum atomic E-state index is -2.87.